The summed E-state index contributed by atoms with van der Waals surface area (Å²) in [6.45, 7) is 0. The summed E-state index contributed by atoms with van der Waals surface area (Å²) < 4.78 is 5.06. The van der Waals surface area contributed by atoms with Crippen molar-refractivity contribution in [2.24, 2.45) is 0 Å². The first kappa shape index (κ1) is 13.3. The van der Waals surface area contributed by atoms with E-state index in [9.17, 15) is 4.79 Å². The fourth-order valence-corrected chi connectivity index (χ4v) is 1.45. The number of methoxy groups -OCH3 is 1. The van der Waals surface area contributed by atoms with Gasteiger partial charge < -0.3 is 9.72 Å². The molecule has 1 aromatic heterocycles. The van der Waals surface area contributed by atoms with Crippen LogP contribution in [0.15, 0.2) is 36.7 Å². The summed E-state index contributed by atoms with van der Waals surface area (Å²) in [4.78, 5) is 18.8. The minimum atomic E-state index is 0. The molecule has 1 N–H and O–H groups in total. The highest BCUT2D eigenvalue weighted by Crippen LogP contribution is 2.14. The van der Waals surface area contributed by atoms with Gasteiger partial charge in [0.1, 0.15) is 11.6 Å². The van der Waals surface area contributed by atoms with Gasteiger partial charge >= 0.3 is 0 Å². The highest BCUT2D eigenvalue weighted by atomic mass is 35.5. The number of H-pyrrole nitrogens is 1. The molecule has 1 heterocycles. The predicted octanol–water partition coefficient (Wildman–Crippen LogP) is 2.27. The number of benzene rings is 1. The lowest BCUT2D eigenvalue weighted by Crippen LogP contribution is -2.05. The molecule has 1 aromatic carbocycles. The van der Waals surface area contributed by atoms with Crippen LogP contribution in [0.4, 0.5) is 0 Å². The minimum Gasteiger partial charge on any atom is -0.497 e. The average Bonchev–Trinajstić information content (AvgIpc) is 2.82. The molecule has 90 valence electrons. The van der Waals surface area contributed by atoms with Crippen LogP contribution in [0.5, 0.6) is 5.75 Å². The Balaban J connectivity index is 0.00000144. The molecule has 0 aliphatic carbocycles. The largest absolute Gasteiger partial charge is 0.497 e. The van der Waals surface area contributed by atoms with E-state index >= 15 is 0 Å². The fourth-order valence-electron chi connectivity index (χ4n) is 1.45. The molecule has 0 aliphatic heterocycles. The minimum absolute atomic E-state index is 0. The number of ether oxygens (including phenoxy) is 1. The van der Waals surface area contributed by atoms with Crippen LogP contribution in [0.2, 0.25) is 0 Å². The van der Waals surface area contributed by atoms with Crippen LogP contribution < -0.4 is 4.74 Å². The molecule has 0 radical (unpaired) electrons. The lowest BCUT2D eigenvalue weighted by Gasteiger charge is -2.02. The van der Waals surface area contributed by atoms with Gasteiger partial charge in [-0.2, -0.15) is 0 Å². The first-order chi connectivity index (χ1) is 7.79. The molecule has 0 spiro atoms. The molecule has 2 aromatic rings. The van der Waals surface area contributed by atoms with E-state index in [2.05, 4.69) is 9.97 Å². The fraction of sp³-hybridized carbons (Fsp3) is 0.167. The molecule has 2 rings (SSSR count). The third kappa shape index (κ3) is 3.32. The first-order valence-corrected chi connectivity index (χ1v) is 4.95. The van der Waals surface area contributed by atoms with Crippen LogP contribution in [0, 0.1) is 0 Å². The van der Waals surface area contributed by atoms with E-state index in [0.29, 0.717) is 17.1 Å². The number of nitrogens with one attached hydrogen (secondary N) is 1. The van der Waals surface area contributed by atoms with E-state index in [1.165, 1.54) is 0 Å². The van der Waals surface area contributed by atoms with Crippen molar-refractivity contribution in [2.75, 3.05) is 7.11 Å². The number of hydrogen-bond donors (Lipinski definition) is 1. The maximum Gasteiger partial charge on any atom is 0.170 e. The summed E-state index contributed by atoms with van der Waals surface area (Å²) in [6, 6.07) is 7.11. The Morgan fingerprint density at radius 2 is 2.29 bits per heavy atom. The number of hydrogen-bond acceptors (Lipinski definition) is 3. The van der Waals surface area contributed by atoms with Crippen LogP contribution in [0.3, 0.4) is 0 Å². The third-order valence-electron chi connectivity index (χ3n) is 2.27. The van der Waals surface area contributed by atoms with Gasteiger partial charge in [-0.05, 0) is 12.1 Å². The van der Waals surface area contributed by atoms with Gasteiger partial charge in [-0.15, -0.1) is 12.4 Å². The molecule has 0 unspecified atom stereocenters. The zero-order chi connectivity index (χ0) is 11.4. The van der Waals surface area contributed by atoms with Crippen LogP contribution in [-0.2, 0) is 6.42 Å². The average molecular weight is 253 g/mol. The standard InChI is InChI=1S/C12H12N2O2.ClH/c1-16-10-4-2-3-9(7-10)11(15)8-12-13-5-6-14-12;/h2-7H,8H2,1H3,(H,13,14);1H. The van der Waals surface area contributed by atoms with Crippen molar-refractivity contribution in [2.45, 2.75) is 6.42 Å². The first-order valence-electron chi connectivity index (χ1n) is 4.95. The maximum absolute atomic E-state index is 11.9. The number of carbonyl (C=O) groups excluding carboxylic acids is 1. The number of aromatic nitrogens is 2. The van der Waals surface area contributed by atoms with Gasteiger partial charge in [0.2, 0.25) is 0 Å². The van der Waals surface area contributed by atoms with E-state index < -0.39 is 0 Å². The second-order valence-electron chi connectivity index (χ2n) is 3.37. The number of Topliss-reactive ketones (excluding diaryl/α,β-unsaturated/α-hetero) is 1. The van der Waals surface area contributed by atoms with Crippen molar-refractivity contribution in [3.05, 3.63) is 48.0 Å². The van der Waals surface area contributed by atoms with E-state index in [1.54, 1.807) is 37.7 Å². The molecule has 0 aliphatic rings. The van der Waals surface area contributed by atoms with E-state index in [0.717, 1.165) is 0 Å². The van der Waals surface area contributed by atoms with Crippen molar-refractivity contribution in [1.29, 1.82) is 0 Å². The van der Waals surface area contributed by atoms with Gasteiger partial charge in [0.15, 0.2) is 5.78 Å². The van der Waals surface area contributed by atoms with Gasteiger partial charge in [0.25, 0.3) is 0 Å². The molecule has 0 bridgehead atoms. The molecule has 0 atom stereocenters. The predicted molar refractivity (Wildman–Crippen MR) is 66.9 cm³/mol. The number of ketones is 1. The number of carbonyl (C=O) groups is 1. The summed E-state index contributed by atoms with van der Waals surface area (Å²) in [5.74, 6) is 1.38. The van der Waals surface area contributed by atoms with Crippen LogP contribution in [0.25, 0.3) is 0 Å². The van der Waals surface area contributed by atoms with E-state index in [1.807, 2.05) is 6.07 Å². The van der Waals surface area contributed by atoms with Gasteiger partial charge in [0, 0.05) is 18.0 Å². The molecule has 4 nitrogen and oxygen atoms in total. The monoisotopic (exact) mass is 252 g/mol. The summed E-state index contributed by atoms with van der Waals surface area (Å²) in [7, 11) is 1.58. The Bertz CT molecular complexity index is 483. The van der Waals surface area contributed by atoms with Gasteiger partial charge in [-0.25, -0.2) is 4.98 Å². The van der Waals surface area contributed by atoms with Crippen LogP contribution in [0.1, 0.15) is 16.2 Å². The van der Waals surface area contributed by atoms with Gasteiger partial charge in [0.05, 0.1) is 13.5 Å². The molecule has 17 heavy (non-hydrogen) atoms. The Labute approximate surface area is 105 Å². The van der Waals surface area contributed by atoms with Gasteiger partial charge in [-0.3, -0.25) is 4.79 Å². The zero-order valence-electron chi connectivity index (χ0n) is 9.34. The molecule has 0 fully saturated rings. The lowest BCUT2D eigenvalue weighted by atomic mass is 10.1. The third-order valence-corrected chi connectivity index (χ3v) is 2.27. The quantitative estimate of drug-likeness (QED) is 0.850. The Kier molecular flexibility index (Phi) is 4.72. The van der Waals surface area contributed by atoms with Crippen molar-refractivity contribution >= 4 is 18.2 Å². The smallest absolute Gasteiger partial charge is 0.170 e. The molecule has 5 heteroatoms. The molecular weight excluding hydrogens is 240 g/mol. The zero-order valence-corrected chi connectivity index (χ0v) is 10.2. The SMILES string of the molecule is COc1cccc(C(=O)Cc2ncc[nH]2)c1.Cl. The van der Waals surface area contributed by atoms with Crippen LogP contribution in [-0.4, -0.2) is 22.9 Å². The van der Waals surface area contributed by atoms with Gasteiger partial charge in [-0.1, -0.05) is 12.1 Å². The summed E-state index contributed by atoms with van der Waals surface area (Å²) in [5.41, 5.74) is 0.635. The second kappa shape index (κ2) is 6.06. The topological polar surface area (TPSA) is 55.0 Å². The van der Waals surface area contributed by atoms with Crippen molar-refractivity contribution < 1.29 is 9.53 Å². The molecular formula is C12H13ClN2O2. The number of imidazole rings is 1. The summed E-state index contributed by atoms with van der Waals surface area (Å²) in [6.07, 6.45) is 3.61. The normalized spacial score (nSPS) is 9.47. The highest BCUT2D eigenvalue weighted by molar-refractivity contribution is 5.97. The van der Waals surface area contributed by atoms with Crippen LogP contribution >= 0.6 is 12.4 Å². The van der Waals surface area contributed by atoms with Crippen molar-refractivity contribution in [3.8, 4) is 5.75 Å². The number of aromatic amines is 1. The summed E-state index contributed by atoms with van der Waals surface area (Å²) >= 11 is 0. The Morgan fingerprint density at radius 1 is 1.47 bits per heavy atom. The van der Waals surface area contributed by atoms with Crippen molar-refractivity contribution in [1.82, 2.24) is 9.97 Å². The Hall–Kier alpha value is -1.81. The summed E-state index contributed by atoms with van der Waals surface area (Å²) in [5, 5.41) is 0. The van der Waals surface area contributed by atoms with Crippen molar-refractivity contribution in [3.63, 3.8) is 0 Å². The number of halogens is 1. The van der Waals surface area contributed by atoms with E-state index in [4.69, 9.17) is 4.74 Å². The maximum atomic E-state index is 11.9. The number of nitrogens with zero attached hydrogens (tertiary/aromatic N) is 1. The Morgan fingerprint density at radius 3 is 2.94 bits per heavy atom. The molecule has 0 saturated heterocycles. The van der Waals surface area contributed by atoms with E-state index in [-0.39, 0.29) is 24.6 Å². The molecule has 0 amide bonds. The second-order valence-corrected chi connectivity index (χ2v) is 3.37. The lowest BCUT2D eigenvalue weighted by molar-refractivity contribution is 0.0990. The number of rotatable bonds is 4. The highest BCUT2D eigenvalue weighted by Gasteiger charge is 2.09. The molecule has 0 saturated carbocycles.